The molecule has 0 spiro atoms. The van der Waals surface area contributed by atoms with E-state index in [-0.39, 0.29) is 5.91 Å². The molecule has 0 fully saturated rings. The first-order chi connectivity index (χ1) is 12.1. The minimum Gasteiger partial charge on any atom is -0.493 e. The van der Waals surface area contributed by atoms with E-state index in [1.807, 2.05) is 42.5 Å². The third-order valence-corrected chi connectivity index (χ3v) is 4.11. The Balaban J connectivity index is 1.88. The van der Waals surface area contributed by atoms with Crippen LogP contribution >= 0.6 is 0 Å². The van der Waals surface area contributed by atoms with Crippen LogP contribution in [0, 0.1) is 0 Å². The van der Waals surface area contributed by atoms with E-state index in [1.54, 1.807) is 14.2 Å². The minimum atomic E-state index is 0.00616. The first kappa shape index (κ1) is 16.8. The van der Waals surface area contributed by atoms with Gasteiger partial charge in [-0.1, -0.05) is 12.1 Å². The number of carbonyl (C=O) groups is 1. The average molecular weight is 339 g/mol. The van der Waals surface area contributed by atoms with Gasteiger partial charge in [0.15, 0.2) is 11.5 Å². The Morgan fingerprint density at radius 1 is 1.08 bits per heavy atom. The van der Waals surface area contributed by atoms with Gasteiger partial charge in [0.1, 0.15) is 0 Å². The second-order valence-corrected chi connectivity index (χ2v) is 5.81. The molecule has 1 heterocycles. The molecule has 0 saturated carbocycles. The van der Waals surface area contributed by atoms with Crippen molar-refractivity contribution in [3.63, 3.8) is 0 Å². The summed E-state index contributed by atoms with van der Waals surface area (Å²) in [5.74, 6) is 1.31. The molecule has 3 rings (SSSR count). The number of carbonyl (C=O) groups excluding carboxylic acids is 1. The van der Waals surface area contributed by atoms with E-state index in [1.165, 1.54) is 5.01 Å². The molecule has 0 aromatic heterocycles. The second-order valence-electron chi connectivity index (χ2n) is 5.81. The number of benzene rings is 2. The molecule has 6 heteroatoms. The summed E-state index contributed by atoms with van der Waals surface area (Å²) in [7, 11) is 3.20. The number of hydrogen-bond donors (Lipinski definition) is 1. The molecule has 0 bridgehead atoms. The van der Waals surface area contributed by atoms with Crippen LogP contribution in [0.15, 0.2) is 47.6 Å². The lowest BCUT2D eigenvalue weighted by Crippen LogP contribution is -2.31. The zero-order valence-electron chi connectivity index (χ0n) is 14.4. The van der Waals surface area contributed by atoms with Gasteiger partial charge in [0.05, 0.1) is 26.5 Å². The van der Waals surface area contributed by atoms with Crippen LogP contribution in [0.5, 0.6) is 11.5 Å². The van der Waals surface area contributed by atoms with Crippen molar-refractivity contribution in [2.75, 3.05) is 20.0 Å². The Bertz CT molecular complexity index is 817. The molecule has 0 atom stereocenters. The maximum Gasteiger partial charge on any atom is 0.243 e. The zero-order valence-corrected chi connectivity index (χ0v) is 14.4. The number of ether oxygens (including phenoxy) is 2. The molecule has 2 aromatic rings. The van der Waals surface area contributed by atoms with Gasteiger partial charge in [0.2, 0.25) is 5.91 Å². The molecular formula is C19H21N3O3. The summed E-state index contributed by atoms with van der Waals surface area (Å²) in [5.41, 5.74) is 9.20. The Labute approximate surface area is 146 Å². The predicted octanol–water partition coefficient (Wildman–Crippen LogP) is 2.81. The van der Waals surface area contributed by atoms with Gasteiger partial charge in [-0.15, -0.1) is 0 Å². The lowest BCUT2D eigenvalue weighted by atomic mass is 10.0. The van der Waals surface area contributed by atoms with E-state index in [0.717, 1.165) is 16.8 Å². The number of hydrogen-bond acceptors (Lipinski definition) is 5. The van der Waals surface area contributed by atoms with Crippen molar-refractivity contribution < 1.29 is 14.3 Å². The standard InChI is InChI=1S/C19H21N3O3/c1-24-17-8-6-14(11-18(17)25-2)16-7-9-19(23)22(21-16)12-13-4-3-5-15(20)10-13/h3-6,8,10-11H,7,9,12,20H2,1-2H3. The zero-order chi connectivity index (χ0) is 17.8. The highest BCUT2D eigenvalue weighted by Gasteiger charge is 2.22. The van der Waals surface area contributed by atoms with Crippen molar-refractivity contribution >= 4 is 17.3 Å². The monoisotopic (exact) mass is 339 g/mol. The van der Waals surface area contributed by atoms with Gasteiger partial charge in [-0.2, -0.15) is 5.10 Å². The Kier molecular flexibility index (Phi) is 4.88. The lowest BCUT2D eigenvalue weighted by molar-refractivity contribution is -0.132. The number of rotatable bonds is 5. The molecule has 2 aromatic carbocycles. The predicted molar refractivity (Wildman–Crippen MR) is 96.7 cm³/mol. The Morgan fingerprint density at radius 3 is 2.60 bits per heavy atom. The average Bonchev–Trinajstić information content (AvgIpc) is 2.63. The summed E-state index contributed by atoms with van der Waals surface area (Å²) in [6.45, 7) is 0.403. The fourth-order valence-electron chi connectivity index (χ4n) is 2.81. The molecule has 1 aliphatic rings. The van der Waals surface area contributed by atoms with Crippen molar-refractivity contribution in [1.29, 1.82) is 0 Å². The number of methoxy groups -OCH3 is 2. The number of nitrogens with two attached hydrogens (primary N) is 1. The third-order valence-electron chi connectivity index (χ3n) is 4.11. The molecule has 0 aliphatic carbocycles. The van der Waals surface area contributed by atoms with Crippen molar-refractivity contribution in [3.8, 4) is 11.5 Å². The highest BCUT2D eigenvalue weighted by molar-refractivity contribution is 6.04. The highest BCUT2D eigenvalue weighted by Crippen LogP contribution is 2.29. The van der Waals surface area contributed by atoms with Gasteiger partial charge in [-0.3, -0.25) is 4.79 Å². The van der Waals surface area contributed by atoms with E-state index in [0.29, 0.717) is 36.6 Å². The van der Waals surface area contributed by atoms with Crippen LogP contribution in [0.25, 0.3) is 0 Å². The van der Waals surface area contributed by atoms with E-state index in [4.69, 9.17) is 15.2 Å². The van der Waals surface area contributed by atoms with Crippen LogP contribution in [0.1, 0.15) is 24.0 Å². The first-order valence-electron chi connectivity index (χ1n) is 8.05. The van der Waals surface area contributed by atoms with E-state index in [9.17, 15) is 4.79 Å². The molecule has 0 unspecified atom stereocenters. The summed E-state index contributed by atoms with van der Waals surface area (Å²) in [5, 5.41) is 6.06. The number of amides is 1. The topological polar surface area (TPSA) is 77.1 Å². The molecule has 1 amide bonds. The van der Waals surface area contributed by atoms with Crippen LogP contribution in [-0.4, -0.2) is 30.8 Å². The molecule has 25 heavy (non-hydrogen) atoms. The van der Waals surface area contributed by atoms with Gasteiger partial charge in [-0.25, -0.2) is 5.01 Å². The second kappa shape index (κ2) is 7.25. The number of anilines is 1. The number of nitrogens with zero attached hydrogens (tertiary/aromatic N) is 2. The maximum absolute atomic E-state index is 12.2. The van der Waals surface area contributed by atoms with Gasteiger partial charge in [0, 0.05) is 24.1 Å². The summed E-state index contributed by atoms with van der Waals surface area (Å²) in [6.07, 6.45) is 1.03. The Hall–Kier alpha value is -3.02. The van der Waals surface area contributed by atoms with Crippen molar-refractivity contribution in [2.24, 2.45) is 5.10 Å². The minimum absolute atomic E-state index is 0.00616. The molecule has 1 aliphatic heterocycles. The SMILES string of the molecule is COc1ccc(C2=NN(Cc3cccc(N)c3)C(=O)CC2)cc1OC. The van der Waals surface area contributed by atoms with Crippen LogP contribution in [0.3, 0.4) is 0 Å². The van der Waals surface area contributed by atoms with Crippen LogP contribution in [0.2, 0.25) is 0 Å². The van der Waals surface area contributed by atoms with Crippen LogP contribution < -0.4 is 15.2 Å². The lowest BCUT2D eigenvalue weighted by Gasteiger charge is -2.24. The van der Waals surface area contributed by atoms with Crippen molar-refractivity contribution in [2.45, 2.75) is 19.4 Å². The summed E-state index contributed by atoms with van der Waals surface area (Å²) in [4.78, 5) is 12.2. The van der Waals surface area contributed by atoms with Crippen LogP contribution in [0.4, 0.5) is 5.69 Å². The van der Waals surface area contributed by atoms with Gasteiger partial charge in [0.25, 0.3) is 0 Å². The van der Waals surface area contributed by atoms with E-state index < -0.39 is 0 Å². The van der Waals surface area contributed by atoms with Gasteiger partial charge < -0.3 is 15.2 Å². The van der Waals surface area contributed by atoms with E-state index in [2.05, 4.69) is 5.10 Å². The molecule has 0 saturated heterocycles. The van der Waals surface area contributed by atoms with Gasteiger partial charge >= 0.3 is 0 Å². The molecule has 130 valence electrons. The molecular weight excluding hydrogens is 318 g/mol. The van der Waals surface area contributed by atoms with E-state index >= 15 is 0 Å². The fourth-order valence-corrected chi connectivity index (χ4v) is 2.81. The maximum atomic E-state index is 12.2. The van der Waals surface area contributed by atoms with Gasteiger partial charge in [-0.05, 0) is 35.9 Å². The molecule has 6 nitrogen and oxygen atoms in total. The third kappa shape index (κ3) is 3.74. The quantitative estimate of drug-likeness (QED) is 0.850. The summed E-state index contributed by atoms with van der Waals surface area (Å²) in [6, 6.07) is 13.1. The number of hydrazone groups is 1. The van der Waals surface area contributed by atoms with Crippen molar-refractivity contribution in [1.82, 2.24) is 5.01 Å². The molecule has 0 radical (unpaired) electrons. The van der Waals surface area contributed by atoms with Crippen LogP contribution in [-0.2, 0) is 11.3 Å². The molecule has 2 N–H and O–H groups in total. The summed E-state index contributed by atoms with van der Waals surface area (Å²) < 4.78 is 10.6. The Morgan fingerprint density at radius 2 is 1.88 bits per heavy atom. The fraction of sp³-hybridized carbons (Fsp3) is 0.263. The normalized spacial score (nSPS) is 14.2. The van der Waals surface area contributed by atoms with Crippen molar-refractivity contribution in [3.05, 3.63) is 53.6 Å². The first-order valence-corrected chi connectivity index (χ1v) is 8.05. The number of nitrogen functional groups attached to an aromatic ring is 1. The smallest absolute Gasteiger partial charge is 0.243 e. The largest absolute Gasteiger partial charge is 0.493 e. The highest BCUT2D eigenvalue weighted by atomic mass is 16.5. The summed E-state index contributed by atoms with van der Waals surface area (Å²) >= 11 is 0.